The first-order valence-electron chi connectivity index (χ1n) is 14.6. The fourth-order valence-corrected chi connectivity index (χ4v) is 6.65. The molecule has 1 heterocycles. The number of rotatable bonds is 12. The van der Waals surface area contributed by atoms with E-state index in [-0.39, 0.29) is 39.0 Å². The van der Waals surface area contributed by atoms with Gasteiger partial charge in [0.2, 0.25) is 0 Å². The molecule has 0 aliphatic heterocycles. The normalized spacial score (nSPS) is 12.6. The summed E-state index contributed by atoms with van der Waals surface area (Å²) in [6.45, 7) is 4.26. The monoisotopic (exact) mass is 673 g/mol. The summed E-state index contributed by atoms with van der Waals surface area (Å²) >= 11 is 6.19. The summed E-state index contributed by atoms with van der Waals surface area (Å²) in [7, 11) is -4.20. The third kappa shape index (κ3) is 7.89. The van der Waals surface area contributed by atoms with Gasteiger partial charge in [-0.15, -0.1) is 0 Å². The van der Waals surface area contributed by atoms with Gasteiger partial charge in [0.05, 0.1) is 17.3 Å². The summed E-state index contributed by atoms with van der Waals surface area (Å²) in [5, 5.41) is 16.7. The fraction of sp³-hybridized carbons (Fsp3) is 0.171. The predicted molar refractivity (Wildman–Crippen MR) is 178 cm³/mol. The van der Waals surface area contributed by atoms with Gasteiger partial charge in [-0.3, -0.25) is 14.3 Å². The number of sulfonamides is 1. The Kier molecular flexibility index (Phi) is 10.1. The number of aliphatic hydroxyl groups is 1. The van der Waals surface area contributed by atoms with Crippen LogP contribution >= 0.6 is 11.6 Å². The summed E-state index contributed by atoms with van der Waals surface area (Å²) in [5.41, 5.74) is 2.39. The van der Waals surface area contributed by atoms with Crippen molar-refractivity contribution in [2.24, 2.45) is 0 Å². The highest BCUT2D eigenvalue weighted by Gasteiger charge is 2.29. The molecule has 0 bridgehead atoms. The first-order valence-corrected chi connectivity index (χ1v) is 16.5. The maximum atomic E-state index is 13.6. The van der Waals surface area contributed by atoms with Gasteiger partial charge in [-0.1, -0.05) is 77.4 Å². The molecule has 0 radical (unpaired) electrons. The molecule has 0 fully saturated rings. The number of nitrogens with one attached hydrogen (secondary N) is 2. The molecule has 5 aromatic rings. The van der Waals surface area contributed by atoms with E-state index in [1.165, 1.54) is 39.0 Å². The first-order chi connectivity index (χ1) is 22.4. The average molecular weight is 674 g/mol. The number of para-hydroxylation sites is 2. The van der Waals surface area contributed by atoms with Crippen LogP contribution in [0.4, 0.5) is 5.69 Å². The van der Waals surface area contributed by atoms with Crippen LogP contribution in [-0.4, -0.2) is 42.5 Å². The number of Topliss-reactive ketones (excluding diaryl/α,β-unsaturated/α-hetero) is 1. The molecule has 10 nitrogen and oxygen atoms in total. The second-order valence-electron chi connectivity index (χ2n) is 10.9. The van der Waals surface area contributed by atoms with E-state index in [9.17, 15) is 23.1 Å². The quantitative estimate of drug-likeness (QED) is 0.136. The number of aromatic nitrogens is 1. The van der Waals surface area contributed by atoms with Crippen LogP contribution in [0.25, 0.3) is 11.1 Å². The Morgan fingerprint density at radius 3 is 2.30 bits per heavy atom. The number of hydrogen-bond acceptors (Lipinski definition) is 8. The van der Waals surface area contributed by atoms with E-state index >= 15 is 0 Å². The van der Waals surface area contributed by atoms with Gasteiger partial charge in [-0.05, 0) is 74.7 Å². The molecule has 4 aromatic carbocycles. The van der Waals surface area contributed by atoms with Gasteiger partial charge in [0.25, 0.3) is 15.9 Å². The minimum Gasteiger partial charge on any atom is -0.457 e. The smallest absolute Gasteiger partial charge is 0.267 e. The van der Waals surface area contributed by atoms with Crippen LogP contribution in [0.15, 0.2) is 106 Å². The second kappa shape index (κ2) is 14.2. The summed E-state index contributed by atoms with van der Waals surface area (Å²) < 4.78 is 39.9. The molecule has 0 aliphatic rings. The van der Waals surface area contributed by atoms with Crippen molar-refractivity contribution in [3.63, 3.8) is 0 Å². The molecule has 1 amide bonds. The van der Waals surface area contributed by atoms with Crippen molar-refractivity contribution in [1.82, 2.24) is 10.5 Å². The summed E-state index contributed by atoms with van der Waals surface area (Å²) in [6, 6.07) is 27.4. The lowest BCUT2D eigenvalue weighted by molar-refractivity contribution is -0.128. The minimum absolute atomic E-state index is 0.0542. The molecule has 12 heteroatoms. The van der Waals surface area contributed by atoms with Crippen molar-refractivity contribution in [3.8, 4) is 22.6 Å². The third-order valence-electron chi connectivity index (χ3n) is 7.33. The van der Waals surface area contributed by atoms with Crippen molar-refractivity contribution < 1.29 is 32.4 Å². The second-order valence-corrected chi connectivity index (χ2v) is 12.9. The topological polar surface area (TPSA) is 148 Å². The van der Waals surface area contributed by atoms with Crippen LogP contribution in [0.2, 0.25) is 5.02 Å². The van der Waals surface area contributed by atoms with E-state index in [0.29, 0.717) is 17.1 Å². The van der Waals surface area contributed by atoms with Gasteiger partial charge in [-0.25, -0.2) is 8.42 Å². The maximum Gasteiger partial charge on any atom is 0.267 e. The number of anilines is 1. The Balaban J connectivity index is 1.38. The van der Waals surface area contributed by atoms with E-state index in [1.54, 1.807) is 0 Å². The Morgan fingerprint density at radius 1 is 0.957 bits per heavy atom. The highest BCUT2D eigenvalue weighted by Crippen LogP contribution is 2.33. The molecular formula is C35H32ClN3O7S. The van der Waals surface area contributed by atoms with Gasteiger partial charge >= 0.3 is 0 Å². The number of benzene rings is 4. The highest BCUT2D eigenvalue weighted by molar-refractivity contribution is 7.92. The summed E-state index contributed by atoms with van der Waals surface area (Å²) in [4.78, 5) is 26.5. The van der Waals surface area contributed by atoms with Gasteiger partial charge in [0, 0.05) is 10.6 Å². The average Bonchev–Trinajstić information content (AvgIpc) is 3.40. The SMILES string of the molecule is Cc1noc(C)c1S(=O)(=O)Nc1ccc(Cl)cc1C(=O)N[C@@H](Cc1ccc(-c2ccccc2Oc2ccccc2)cc1)C(=O)C(C)O. The number of carbonyl (C=O) groups excluding carboxylic acids is 2. The molecule has 0 saturated heterocycles. The van der Waals surface area contributed by atoms with Crippen molar-refractivity contribution >= 4 is 39.0 Å². The maximum absolute atomic E-state index is 13.6. The zero-order valence-corrected chi connectivity index (χ0v) is 27.3. The Morgan fingerprint density at radius 2 is 1.64 bits per heavy atom. The van der Waals surface area contributed by atoms with Crippen molar-refractivity contribution in [1.29, 1.82) is 0 Å². The van der Waals surface area contributed by atoms with Crippen LogP contribution in [0.1, 0.15) is 34.3 Å². The van der Waals surface area contributed by atoms with Crippen molar-refractivity contribution in [3.05, 3.63) is 125 Å². The van der Waals surface area contributed by atoms with E-state index in [0.717, 1.165) is 11.1 Å². The number of amides is 1. The fourth-order valence-electron chi connectivity index (χ4n) is 5.06. The third-order valence-corrected chi connectivity index (χ3v) is 9.17. The number of ketones is 1. The Hall–Kier alpha value is -4.97. The standard InChI is InChI=1S/C35H32ClN3O7S/c1-21-34(23(3)46-38-21)47(43,44)39-30-18-17-26(36)20-29(30)35(42)37-31(33(41)22(2)40)19-24-13-15-25(16-14-24)28-11-7-8-12-32(28)45-27-9-5-4-6-10-27/h4-18,20,22,31,39-40H,19H2,1-3H3,(H,37,42)/t22?,31-/m0/s1. The molecule has 0 aliphatic carbocycles. The molecule has 5 rings (SSSR count). The van der Waals surface area contributed by atoms with Gasteiger partial charge in [-0.2, -0.15) is 0 Å². The van der Waals surface area contributed by atoms with Crippen molar-refractivity contribution in [2.75, 3.05) is 4.72 Å². The van der Waals surface area contributed by atoms with Gasteiger partial charge < -0.3 is 19.7 Å². The van der Waals surface area contributed by atoms with Crippen LogP contribution in [0.5, 0.6) is 11.5 Å². The molecule has 3 N–H and O–H groups in total. The van der Waals surface area contributed by atoms with E-state index < -0.39 is 33.9 Å². The molecule has 47 heavy (non-hydrogen) atoms. The number of aliphatic hydroxyl groups excluding tert-OH is 1. The highest BCUT2D eigenvalue weighted by atomic mass is 35.5. The van der Waals surface area contributed by atoms with Gasteiger partial charge in [0.1, 0.15) is 23.3 Å². The van der Waals surface area contributed by atoms with Crippen LogP contribution in [-0.2, 0) is 21.2 Å². The number of halogens is 1. The Bertz CT molecular complexity index is 1990. The first kappa shape index (κ1) is 33.4. The largest absolute Gasteiger partial charge is 0.457 e. The lowest BCUT2D eigenvalue weighted by Crippen LogP contribution is -2.46. The number of hydrogen-bond donors (Lipinski definition) is 3. The number of nitrogens with zero attached hydrogens (tertiary/aromatic N) is 1. The minimum atomic E-state index is -4.20. The van der Waals surface area contributed by atoms with Crippen LogP contribution in [0.3, 0.4) is 0 Å². The lowest BCUT2D eigenvalue weighted by Gasteiger charge is -2.21. The van der Waals surface area contributed by atoms with Gasteiger partial charge in [0.15, 0.2) is 16.4 Å². The van der Waals surface area contributed by atoms with Crippen LogP contribution < -0.4 is 14.8 Å². The zero-order valence-electron chi connectivity index (χ0n) is 25.7. The zero-order chi connectivity index (χ0) is 33.7. The van der Waals surface area contributed by atoms with E-state index in [1.807, 2.05) is 78.9 Å². The molecule has 0 saturated carbocycles. The Labute approximate surface area is 277 Å². The summed E-state index contributed by atoms with van der Waals surface area (Å²) in [6.07, 6.45) is -1.32. The van der Waals surface area contributed by atoms with Crippen molar-refractivity contribution in [2.45, 2.75) is 44.2 Å². The van der Waals surface area contributed by atoms with E-state index in [2.05, 4.69) is 15.2 Å². The molecule has 1 aromatic heterocycles. The molecular weight excluding hydrogens is 642 g/mol. The predicted octanol–water partition coefficient (Wildman–Crippen LogP) is 6.50. The van der Waals surface area contributed by atoms with E-state index in [4.69, 9.17) is 20.9 Å². The lowest BCUT2D eigenvalue weighted by atomic mass is 9.96. The molecule has 242 valence electrons. The number of ether oxygens (including phenoxy) is 1. The molecule has 1 unspecified atom stereocenters. The number of aryl methyl sites for hydroxylation is 2. The summed E-state index contributed by atoms with van der Waals surface area (Å²) in [5.74, 6) is 0.0561. The number of carbonyl (C=O) groups is 2. The molecule has 0 spiro atoms. The van der Waals surface area contributed by atoms with Crippen LogP contribution in [0, 0.1) is 13.8 Å². The molecule has 2 atom stereocenters.